The van der Waals surface area contributed by atoms with Crippen LogP contribution in [0.1, 0.15) is 29.8 Å². The summed E-state index contributed by atoms with van der Waals surface area (Å²) in [5.74, 6) is -0.995. The first-order valence-electron chi connectivity index (χ1n) is 6.23. The Morgan fingerprint density at radius 1 is 1.35 bits per heavy atom. The highest BCUT2D eigenvalue weighted by Gasteiger charge is 2.21. The number of nitrogens with zero attached hydrogens (tertiary/aromatic N) is 1. The lowest BCUT2D eigenvalue weighted by Gasteiger charge is -2.25. The van der Waals surface area contributed by atoms with Crippen LogP contribution < -0.4 is 0 Å². The topological polar surface area (TPSA) is 74.7 Å². The summed E-state index contributed by atoms with van der Waals surface area (Å²) in [7, 11) is -0.986. The maximum Gasteiger partial charge on any atom is 0.323 e. The van der Waals surface area contributed by atoms with Gasteiger partial charge in [-0.15, -0.1) is 0 Å². The van der Waals surface area contributed by atoms with E-state index in [9.17, 15) is 13.8 Å². The van der Waals surface area contributed by atoms with Crippen molar-refractivity contribution in [3.8, 4) is 0 Å². The van der Waals surface area contributed by atoms with Crippen molar-refractivity contribution >= 4 is 22.7 Å². The van der Waals surface area contributed by atoms with Crippen molar-refractivity contribution in [1.82, 2.24) is 4.90 Å². The Labute approximate surface area is 121 Å². The Kier molecular flexibility index (Phi) is 5.88. The standard InChI is InChI=1S/C14H19NO4S/c1-10(2)15(8-13(16)17)14(18)12-6-4-5-11(7-12)9-20(3)19/h4-7,10H,8-9H2,1-3H3,(H,16,17). The van der Waals surface area contributed by atoms with E-state index in [0.717, 1.165) is 5.56 Å². The first-order valence-corrected chi connectivity index (χ1v) is 7.95. The van der Waals surface area contributed by atoms with Crippen molar-refractivity contribution in [2.45, 2.75) is 25.6 Å². The van der Waals surface area contributed by atoms with Crippen LogP contribution >= 0.6 is 0 Å². The molecule has 0 bridgehead atoms. The summed E-state index contributed by atoms with van der Waals surface area (Å²) >= 11 is 0. The number of rotatable bonds is 6. The first kappa shape index (κ1) is 16.4. The fourth-order valence-corrected chi connectivity index (χ4v) is 2.48. The Morgan fingerprint density at radius 2 is 2.00 bits per heavy atom. The molecule has 1 N–H and O–H groups in total. The molecule has 0 saturated heterocycles. The summed E-state index contributed by atoms with van der Waals surface area (Å²) in [4.78, 5) is 24.5. The van der Waals surface area contributed by atoms with E-state index >= 15 is 0 Å². The Bertz CT molecular complexity index is 528. The van der Waals surface area contributed by atoms with Gasteiger partial charge in [0.05, 0.1) is 0 Å². The van der Waals surface area contributed by atoms with Crippen LogP contribution in [0.5, 0.6) is 0 Å². The third kappa shape index (κ3) is 4.77. The van der Waals surface area contributed by atoms with Crippen molar-refractivity contribution in [1.29, 1.82) is 0 Å². The van der Waals surface area contributed by atoms with Crippen LogP contribution in [-0.2, 0) is 21.3 Å². The highest BCUT2D eigenvalue weighted by Crippen LogP contribution is 2.12. The minimum Gasteiger partial charge on any atom is -0.480 e. The maximum absolute atomic E-state index is 12.3. The van der Waals surface area contributed by atoms with Crippen LogP contribution in [0, 0.1) is 0 Å². The molecule has 1 aromatic rings. The highest BCUT2D eigenvalue weighted by molar-refractivity contribution is 7.83. The maximum atomic E-state index is 12.3. The van der Waals surface area contributed by atoms with E-state index in [1.807, 2.05) is 0 Å². The van der Waals surface area contributed by atoms with Gasteiger partial charge in [-0.05, 0) is 31.5 Å². The molecule has 0 aliphatic heterocycles. The second-order valence-electron chi connectivity index (χ2n) is 4.84. The molecule has 1 rings (SSSR count). The predicted octanol–water partition coefficient (Wildman–Crippen LogP) is 1.50. The van der Waals surface area contributed by atoms with Gasteiger partial charge in [-0.1, -0.05) is 12.1 Å². The van der Waals surface area contributed by atoms with Gasteiger partial charge in [-0.3, -0.25) is 13.8 Å². The van der Waals surface area contributed by atoms with Crippen molar-refractivity contribution < 1.29 is 18.9 Å². The van der Waals surface area contributed by atoms with E-state index in [1.54, 1.807) is 44.4 Å². The summed E-state index contributed by atoms with van der Waals surface area (Å²) in [5, 5.41) is 8.87. The smallest absolute Gasteiger partial charge is 0.323 e. The molecular weight excluding hydrogens is 278 g/mol. The molecule has 1 atom stereocenters. The molecule has 5 nitrogen and oxygen atoms in total. The first-order chi connectivity index (χ1) is 9.31. The molecule has 0 aromatic heterocycles. The minimum atomic E-state index is -1.04. The zero-order valence-corrected chi connectivity index (χ0v) is 12.6. The number of carboxylic acid groups (broad SMARTS) is 1. The van der Waals surface area contributed by atoms with E-state index in [0.29, 0.717) is 11.3 Å². The molecule has 0 spiro atoms. The average Bonchev–Trinajstić information content (AvgIpc) is 2.34. The zero-order chi connectivity index (χ0) is 15.3. The van der Waals surface area contributed by atoms with Crippen molar-refractivity contribution in [3.05, 3.63) is 35.4 Å². The molecule has 0 heterocycles. The van der Waals surface area contributed by atoms with E-state index in [-0.39, 0.29) is 18.5 Å². The van der Waals surface area contributed by atoms with Crippen LogP contribution in [0.2, 0.25) is 0 Å². The second-order valence-corrected chi connectivity index (χ2v) is 6.27. The molecule has 0 aliphatic rings. The molecule has 110 valence electrons. The average molecular weight is 297 g/mol. The molecule has 0 saturated carbocycles. The number of amides is 1. The lowest BCUT2D eigenvalue weighted by Crippen LogP contribution is -2.40. The van der Waals surface area contributed by atoms with Crippen LogP contribution in [0.4, 0.5) is 0 Å². The molecule has 0 radical (unpaired) electrons. The monoisotopic (exact) mass is 297 g/mol. The van der Waals surface area contributed by atoms with E-state index < -0.39 is 16.8 Å². The lowest BCUT2D eigenvalue weighted by molar-refractivity contribution is -0.138. The van der Waals surface area contributed by atoms with Gasteiger partial charge in [0, 0.05) is 34.4 Å². The van der Waals surface area contributed by atoms with E-state index in [2.05, 4.69) is 0 Å². The summed E-state index contributed by atoms with van der Waals surface area (Å²) in [6, 6.07) is 6.62. The molecule has 20 heavy (non-hydrogen) atoms. The third-order valence-corrected chi connectivity index (χ3v) is 3.47. The van der Waals surface area contributed by atoms with Gasteiger partial charge in [-0.2, -0.15) is 0 Å². The summed E-state index contributed by atoms with van der Waals surface area (Å²) in [6.45, 7) is 3.21. The summed E-state index contributed by atoms with van der Waals surface area (Å²) < 4.78 is 11.2. The van der Waals surface area contributed by atoms with Crippen LogP contribution in [0.25, 0.3) is 0 Å². The van der Waals surface area contributed by atoms with Gasteiger partial charge in [0.15, 0.2) is 0 Å². The van der Waals surface area contributed by atoms with Gasteiger partial charge >= 0.3 is 5.97 Å². The molecule has 0 aliphatic carbocycles. The fourth-order valence-electron chi connectivity index (χ4n) is 1.83. The Balaban J connectivity index is 2.99. The van der Waals surface area contributed by atoms with Crippen LogP contribution in [-0.4, -0.2) is 44.9 Å². The number of carbonyl (C=O) groups is 2. The van der Waals surface area contributed by atoms with E-state index in [1.165, 1.54) is 4.90 Å². The highest BCUT2D eigenvalue weighted by atomic mass is 32.2. The minimum absolute atomic E-state index is 0.206. The predicted molar refractivity (Wildman–Crippen MR) is 78.0 cm³/mol. The van der Waals surface area contributed by atoms with Gasteiger partial charge in [-0.25, -0.2) is 0 Å². The second kappa shape index (κ2) is 7.19. The third-order valence-electron chi connectivity index (χ3n) is 2.73. The normalized spacial score (nSPS) is 12.2. The van der Waals surface area contributed by atoms with Crippen molar-refractivity contribution in [3.63, 3.8) is 0 Å². The van der Waals surface area contributed by atoms with E-state index in [4.69, 9.17) is 5.11 Å². The Morgan fingerprint density at radius 3 is 2.50 bits per heavy atom. The fraction of sp³-hybridized carbons (Fsp3) is 0.429. The molecular formula is C14H19NO4S. The van der Waals surface area contributed by atoms with Gasteiger partial charge in [0.2, 0.25) is 0 Å². The molecule has 1 unspecified atom stereocenters. The Hall–Kier alpha value is -1.69. The number of carbonyl (C=O) groups excluding carboxylic acids is 1. The molecule has 6 heteroatoms. The van der Waals surface area contributed by atoms with Gasteiger partial charge < -0.3 is 10.0 Å². The SMILES string of the molecule is CC(C)N(CC(=O)O)C(=O)c1cccc(CS(C)=O)c1. The van der Waals surface area contributed by atoms with Crippen molar-refractivity contribution in [2.75, 3.05) is 12.8 Å². The lowest BCUT2D eigenvalue weighted by atomic mass is 10.1. The quantitative estimate of drug-likeness (QED) is 0.863. The van der Waals surface area contributed by atoms with Gasteiger partial charge in [0.25, 0.3) is 5.91 Å². The van der Waals surface area contributed by atoms with Crippen LogP contribution in [0.15, 0.2) is 24.3 Å². The van der Waals surface area contributed by atoms with Gasteiger partial charge in [0.1, 0.15) is 6.54 Å². The largest absolute Gasteiger partial charge is 0.480 e. The number of hydrogen-bond acceptors (Lipinski definition) is 3. The molecule has 0 fully saturated rings. The summed E-state index contributed by atoms with van der Waals surface area (Å²) in [5.41, 5.74) is 1.22. The molecule has 1 amide bonds. The van der Waals surface area contributed by atoms with Crippen molar-refractivity contribution in [2.24, 2.45) is 0 Å². The number of benzene rings is 1. The zero-order valence-electron chi connectivity index (χ0n) is 11.8. The molecule has 1 aromatic carbocycles. The van der Waals surface area contributed by atoms with Crippen LogP contribution in [0.3, 0.4) is 0 Å². The summed E-state index contributed by atoms with van der Waals surface area (Å²) in [6.07, 6.45) is 1.60. The number of aliphatic carboxylic acids is 1. The number of hydrogen-bond donors (Lipinski definition) is 1. The number of carboxylic acids is 1.